The molecule has 13 heavy (non-hydrogen) atoms. The van der Waals surface area contributed by atoms with Crippen LogP contribution in [-0.4, -0.2) is 11.1 Å². The van der Waals surface area contributed by atoms with Gasteiger partial charge in [-0.2, -0.15) is 0 Å². The first-order chi connectivity index (χ1) is 6.09. The van der Waals surface area contributed by atoms with Crippen molar-refractivity contribution in [2.24, 2.45) is 5.73 Å². The number of carboxylic acid groups (broad SMARTS) is 1. The van der Waals surface area contributed by atoms with Crippen LogP contribution in [-0.2, 0) is 4.79 Å². The van der Waals surface area contributed by atoms with Crippen LogP contribution in [0.15, 0.2) is 21.2 Å². The molecule has 1 aromatic rings. The van der Waals surface area contributed by atoms with Crippen LogP contribution in [0.25, 0.3) is 0 Å². The summed E-state index contributed by atoms with van der Waals surface area (Å²) >= 11 is 3.21. The van der Waals surface area contributed by atoms with Gasteiger partial charge in [0, 0.05) is 6.42 Å². The summed E-state index contributed by atoms with van der Waals surface area (Å²) in [6.07, 6.45) is 1.96. The molecule has 72 valence electrons. The number of halogens is 1. The van der Waals surface area contributed by atoms with Crippen molar-refractivity contribution in [3.8, 4) is 0 Å². The number of carboxylic acids is 1. The number of hydrogen-bond acceptors (Lipinski definition) is 3. The lowest BCUT2D eigenvalue weighted by Gasteiger charge is -2.05. The maximum absolute atomic E-state index is 10.2. The molecule has 0 saturated heterocycles. The van der Waals surface area contributed by atoms with Crippen molar-refractivity contribution in [3.63, 3.8) is 0 Å². The first kappa shape index (κ1) is 10.3. The number of rotatable bonds is 4. The van der Waals surface area contributed by atoms with E-state index in [1.807, 2.05) is 0 Å². The number of nitrogens with two attached hydrogens (primary N) is 1. The molecule has 0 aliphatic heterocycles. The summed E-state index contributed by atoms with van der Waals surface area (Å²) in [7, 11) is 0. The van der Waals surface area contributed by atoms with Gasteiger partial charge in [-0.3, -0.25) is 4.79 Å². The Morgan fingerprint density at radius 2 is 2.46 bits per heavy atom. The van der Waals surface area contributed by atoms with Gasteiger partial charge in [-0.15, -0.1) is 0 Å². The molecule has 0 fully saturated rings. The van der Waals surface area contributed by atoms with Crippen molar-refractivity contribution >= 4 is 21.9 Å². The largest absolute Gasteiger partial charge is 0.481 e. The maximum atomic E-state index is 10.2. The van der Waals surface area contributed by atoms with E-state index >= 15 is 0 Å². The molecule has 1 rings (SSSR count). The van der Waals surface area contributed by atoms with E-state index in [1.54, 1.807) is 6.07 Å². The number of aliphatic carboxylic acids is 1. The van der Waals surface area contributed by atoms with Crippen molar-refractivity contribution in [1.29, 1.82) is 0 Å². The van der Waals surface area contributed by atoms with Gasteiger partial charge in [0.15, 0.2) is 0 Å². The van der Waals surface area contributed by atoms with Gasteiger partial charge in [0.25, 0.3) is 0 Å². The molecule has 0 radical (unpaired) electrons. The molecule has 1 heterocycles. The average Bonchev–Trinajstić information content (AvgIpc) is 2.47. The molecule has 0 amide bonds. The Labute approximate surface area is 83.8 Å². The second-order valence-electron chi connectivity index (χ2n) is 2.71. The zero-order chi connectivity index (χ0) is 9.84. The van der Waals surface area contributed by atoms with E-state index in [4.69, 9.17) is 15.3 Å². The van der Waals surface area contributed by atoms with Gasteiger partial charge in [-0.25, -0.2) is 0 Å². The summed E-state index contributed by atoms with van der Waals surface area (Å²) in [5.74, 6) is -0.241. The summed E-state index contributed by atoms with van der Waals surface area (Å²) in [6.45, 7) is 0. The van der Waals surface area contributed by atoms with Crippen LogP contribution >= 0.6 is 15.9 Å². The SMILES string of the molecule is NC(CCC(=O)O)c1cc(Br)co1. The van der Waals surface area contributed by atoms with Crippen LogP contribution in [0.5, 0.6) is 0 Å². The number of furan rings is 1. The second kappa shape index (κ2) is 4.43. The fraction of sp³-hybridized carbons (Fsp3) is 0.375. The summed E-state index contributed by atoms with van der Waals surface area (Å²) in [6, 6.07) is 1.40. The third-order valence-corrected chi connectivity index (χ3v) is 2.04. The minimum absolute atomic E-state index is 0.0550. The molecule has 1 atom stereocenters. The molecule has 0 aliphatic rings. The number of hydrogen-bond donors (Lipinski definition) is 2. The molecular formula is C8H10BrNO3. The molecule has 0 spiro atoms. The minimum atomic E-state index is -0.846. The van der Waals surface area contributed by atoms with Crippen molar-refractivity contribution < 1.29 is 14.3 Å². The van der Waals surface area contributed by atoms with Crippen LogP contribution in [0, 0.1) is 0 Å². The first-order valence-corrected chi connectivity index (χ1v) is 4.60. The highest BCUT2D eigenvalue weighted by atomic mass is 79.9. The molecular weight excluding hydrogens is 238 g/mol. The topological polar surface area (TPSA) is 76.5 Å². The van der Waals surface area contributed by atoms with Crippen molar-refractivity contribution in [3.05, 3.63) is 22.6 Å². The zero-order valence-electron chi connectivity index (χ0n) is 6.87. The van der Waals surface area contributed by atoms with Gasteiger partial charge in [0.1, 0.15) is 12.0 Å². The van der Waals surface area contributed by atoms with E-state index in [0.29, 0.717) is 12.2 Å². The van der Waals surface area contributed by atoms with Gasteiger partial charge in [-0.1, -0.05) is 0 Å². The number of carbonyl (C=O) groups is 1. The molecule has 0 aromatic carbocycles. The standard InChI is InChI=1S/C8H10BrNO3/c9-5-3-7(13-4-5)6(10)1-2-8(11)12/h3-4,6H,1-2,10H2,(H,11,12). The Morgan fingerprint density at radius 3 is 2.92 bits per heavy atom. The first-order valence-electron chi connectivity index (χ1n) is 3.81. The van der Waals surface area contributed by atoms with Gasteiger partial charge in [0.05, 0.1) is 10.5 Å². The Bertz CT molecular complexity index is 297. The molecule has 0 aliphatic carbocycles. The summed E-state index contributed by atoms with van der Waals surface area (Å²) in [5, 5.41) is 8.42. The normalized spacial score (nSPS) is 12.8. The summed E-state index contributed by atoms with van der Waals surface area (Å²) < 4.78 is 5.91. The highest BCUT2D eigenvalue weighted by Gasteiger charge is 2.11. The molecule has 0 bridgehead atoms. The molecule has 1 aromatic heterocycles. The third kappa shape index (κ3) is 3.20. The third-order valence-electron chi connectivity index (χ3n) is 1.62. The maximum Gasteiger partial charge on any atom is 0.303 e. The van der Waals surface area contributed by atoms with Crippen molar-refractivity contribution in [2.75, 3.05) is 0 Å². The van der Waals surface area contributed by atoms with Gasteiger partial charge >= 0.3 is 5.97 Å². The van der Waals surface area contributed by atoms with Crippen LogP contribution < -0.4 is 5.73 Å². The fourth-order valence-corrected chi connectivity index (χ4v) is 1.26. The molecule has 3 N–H and O–H groups in total. The summed E-state index contributed by atoms with van der Waals surface area (Å²) in [5.41, 5.74) is 5.68. The Kier molecular flexibility index (Phi) is 3.50. The second-order valence-corrected chi connectivity index (χ2v) is 3.62. The quantitative estimate of drug-likeness (QED) is 0.853. The monoisotopic (exact) mass is 247 g/mol. The van der Waals surface area contributed by atoms with Gasteiger partial charge < -0.3 is 15.3 Å². The molecule has 0 saturated carbocycles. The van der Waals surface area contributed by atoms with Crippen LogP contribution in [0.1, 0.15) is 24.6 Å². The molecule has 5 heteroatoms. The predicted molar refractivity (Wildman–Crippen MR) is 50.2 cm³/mol. The van der Waals surface area contributed by atoms with Crippen molar-refractivity contribution in [1.82, 2.24) is 0 Å². The van der Waals surface area contributed by atoms with Crippen LogP contribution in [0.3, 0.4) is 0 Å². The van der Waals surface area contributed by atoms with Crippen LogP contribution in [0.4, 0.5) is 0 Å². The average molecular weight is 248 g/mol. The lowest BCUT2D eigenvalue weighted by atomic mass is 10.1. The van der Waals surface area contributed by atoms with E-state index in [2.05, 4.69) is 15.9 Å². The van der Waals surface area contributed by atoms with E-state index in [9.17, 15) is 4.79 Å². The van der Waals surface area contributed by atoms with Crippen molar-refractivity contribution in [2.45, 2.75) is 18.9 Å². The lowest BCUT2D eigenvalue weighted by molar-refractivity contribution is -0.137. The van der Waals surface area contributed by atoms with Gasteiger partial charge in [0.2, 0.25) is 0 Å². The van der Waals surface area contributed by atoms with E-state index in [0.717, 1.165) is 4.47 Å². The van der Waals surface area contributed by atoms with E-state index in [1.165, 1.54) is 6.26 Å². The Hall–Kier alpha value is -0.810. The van der Waals surface area contributed by atoms with Gasteiger partial charge in [-0.05, 0) is 28.4 Å². The zero-order valence-corrected chi connectivity index (χ0v) is 8.45. The fourth-order valence-electron chi connectivity index (χ4n) is 0.944. The lowest BCUT2D eigenvalue weighted by Crippen LogP contribution is -2.11. The van der Waals surface area contributed by atoms with E-state index in [-0.39, 0.29) is 12.5 Å². The Balaban J connectivity index is 2.48. The molecule has 4 nitrogen and oxygen atoms in total. The van der Waals surface area contributed by atoms with Crippen LogP contribution in [0.2, 0.25) is 0 Å². The Morgan fingerprint density at radius 1 is 1.77 bits per heavy atom. The highest BCUT2D eigenvalue weighted by molar-refractivity contribution is 9.10. The summed E-state index contributed by atoms with van der Waals surface area (Å²) in [4.78, 5) is 10.2. The van der Waals surface area contributed by atoms with E-state index < -0.39 is 5.97 Å². The molecule has 1 unspecified atom stereocenters. The smallest absolute Gasteiger partial charge is 0.303 e. The minimum Gasteiger partial charge on any atom is -0.481 e. The highest BCUT2D eigenvalue weighted by Crippen LogP contribution is 2.21. The predicted octanol–water partition coefficient (Wildman–Crippen LogP) is 1.91.